The van der Waals surface area contributed by atoms with Crippen LogP contribution in [-0.4, -0.2) is 20.7 Å². The Bertz CT molecular complexity index is 1330. The van der Waals surface area contributed by atoms with E-state index in [1.54, 1.807) is 0 Å². The zero-order valence-electron chi connectivity index (χ0n) is 15.7. The van der Waals surface area contributed by atoms with Crippen molar-refractivity contribution in [3.05, 3.63) is 75.4 Å². The molecule has 150 valence electrons. The maximum Gasteiger partial charge on any atom is 0.348 e. The van der Waals surface area contributed by atoms with Gasteiger partial charge in [-0.2, -0.15) is 5.10 Å². The van der Waals surface area contributed by atoms with Crippen LogP contribution < -0.4 is 0 Å². The molecule has 5 aromatic rings. The molecular formula is C21H14ClN3O3S2. The molecule has 4 aromatic heterocycles. The van der Waals surface area contributed by atoms with Crippen molar-refractivity contribution in [2.45, 2.75) is 13.5 Å². The predicted octanol–water partition coefficient (Wildman–Crippen LogP) is 6.12. The predicted molar refractivity (Wildman–Crippen MR) is 118 cm³/mol. The van der Waals surface area contributed by atoms with E-state index in [1.165, 1.54) is 28.9 Å². The highest BCUT2D eigenvalue weighted by Gasteiger charge is 2.19. The minimum atomic E-state index is -0.404. The number of nitrogens with zero attached hydrogens (tertiary/aromatic N) is 3. The van der Waals surface area contributed by atoms with Crippen LogP contribution in [0.3, 0.4) is 0 Å². The summed E-state index contributed by atoms with van der Waals surface area (Å²) >= 11 is 8.86. The van der Waals surface area contributed by atoms with Gasteiger partial charge in [-0.1, -0.05) is 17.7 Å². The van der Waals surface area contributed by atoms with Gasteiger partial charge in [0.2, 0.25) is 5.89 Å². The minimum absolute atomic E-state index is 0.0459. The summed E-state index contributed by atoms with van der Waals surface area (Å²) in [6.45, 7) is 1.96. The van der Waals surface area contributed by atoms with Gasteiger partial charge in [0.15, 0.2) is 0 Å². The second-order valence-electron chi connectivity index (χ2n) is 6.50. The van der Waals surface area contributed by atoms with Gasteiger partial charge in [-0.15, -0.1) is 22.7 Å². The molecule has 30 heavy (non-hydrogen) atoms. The van der Waals surface area contributed by atoms with Crippen LogP contribution in [0.1, 0.15) is 21.1 Å². The van der Waals surface area contributed by atoms with Gasteiger partial charge in [0.05, 0.1) is 16.3 Å². The van der Waals surface area contributed by atoms with Crippen LogP contribution in [0.4, 0.5) is 0 Å². The highest BCUT2D eigenvalue weighted by Crippen LogP contribution is 2.31. The number of aromatic nitrogens is 3. The number of ether oxygens (including phenoxy) is 1. The smallest absolute Gasteiger partial charge is 0.348 e. The summed E-state index contributed by atoms with van der Waals surface area (Å²) in [5.74, 6) is 0.121. The van der Waals surface area contributed by atoms with Crippen molar-refractivity contribution in [3.63, 3.8) is 0 Å². The Balaban J connectivity index is 1.35. The second kappa shape index (κ2) is 7.71. The molecule has 0 fully saturated rings. The lowest BCUT2D eigenvalue weighted by Gasteiger charge is -2.02. The molecule has 0 aliphatic carbocycles. The number of esters is 1. The van der Waals surface area contributed by atoms with Crippen LogP contribution in [-0.2, 0) is 11.3 Å². The molecule has 0 aliphatic heterocycles. The lowest BCUT2D eigenvalue weighted by molar-refractivity contribution is 0.0473. The van der Waals surface area contributed by atoms with Crippen LogP contribution >= 0.6 is 34.3 Å². The fourth-order valence-electron chi connectivity index (χ4n) is 3.00. The quantitative estimate of drug-likeness (QED) is 0.298. The number of halogens is 1. The summed E-state index contributed by atoms with van der Waals surface area (Å²) < 4.78 is 12.7. The number of carbonyl (C=O) groups excluding carboxylic acids is 1. The molecule has 1 aromatic carbocycles. The number of thiophene rings is 2. The number of benzene rings is 1. The van der Waals surface area contributed by atoms with Crippen molar-refractivity contribution in [2.75, 3.05) is 0 Å². The summed E-state index contributed by atoms with van der Waals surface area (Å²) in [5, 5.41) is 8.11. The third-order valence-corrected chi connectivity index (χ3v) is 6.65. The molecule has 4 heterocycles. The van der Waals surface area contributed by atoms with Gasteiger partial charge >= 0.3 is 5.97 Å². The van der Waals surface area contributed by atoms with E-state index in [4.69, 9.17) is 20.8 Å². The fourth-order valence-corrected chi connectivity index (χ4v) is 4.86. The molecule has 0 saturated heterocycles. The number of aryl methyl sites for hydroxylation is 1. The van der Waals surface area contributed by atoms with E-state index in [0.29, 0.717) is 21.5 Å². The van der Waals surface area contributed by atoms with E-state index < -0.39 is 5.97 Å². The Morgan fingerprint density at radius 3 is 2.87 bits per heavy atom. The van der Waals surface area contributed by atoms with E-state index >= 15 is 0 Å². The normalized spacial score (nSPS) is 11.3. The third-order valence-electron chi connectivity index (χ3n) is 4.45. The third kappa shape index (κ3) is 3.54. The standard InChI is InChI=1S/C21H14ClN3O3S2/c1-12-16-9-18(30-20(16)25(24-12)15-6-4-13(22)5-7-15)21(26)28-11-14-10-27-19(23-14)17-3-2-8-29-17/h2-10H,11H2,1H3. The monoisotopic (exact) mass is 455 g/mol. The first-order chi connectivity index (χ1) is 14.6. The first-order valence-electron chi connectivity index (χ1n) is 8.99. The fraction of sp³-hybridized carbons (Fsp3) is 0.0952. The maximum absolute atomic E-state index is 12.6. The molecule has 0 radical (unpaired) electrons. The average molecular weight is 456 g/mol. The van der Waals surface area contributed by atoms with Crippen LogP contribution in [0.25, 0.3) is 26.7 Å². The molecule has 0 saturated carbocycles. The molecule has 0 unspecified atom stereocenters. The average Bonchev–Trinajstić information content (AvgIpc) is 3.52. The highest BCUT2D eigenvalue weighted by molar-refractivity contribution is 7.20. The Labute approximate surface area is 184 Å². The van der Waals surface area contributed by atoms with Crippen LogP contribution in [0.15, 0.2) is 58.5 Å². The van der Waals surface area contributed by atoms with Crippen LogP contribution in [0.2, 0.25) is 5.02 Å². The molecule has 5 rings (SSSR count). The van der Waals surface area contributed by atoms with E-state index in [0.717, 1.165) is 26.5 Å². The Kier molecular flexibility index (Phi) is 4.90. The molecule has 0 aliphatic rings. The highest BCUT2D eigenvalue weighted by atomic mass is 35.5. The zero-order chi connectivity index (χ0) is 20.7. The second-order valence-corrected chi connectivity index (χ2v) is 8.92. The molecule has 9 heteroatoms. The van der Waals surface area contributed by atoms with Crippen molar-refractivity contribution >= 4 is 50.5 Å². The van der Waals surface area contributed by atoms with Gasteiger partial charge in [-0.25, -0.2) is 14.5 Å². The largest absolute Gasteiger partial charge is 0.455 e. The van der Waals surface area contributed by atoms with Gasteiger partial charge < -0.3 is 9.15 Å². The molecule has 0 spiro atoms. The van der Waals surface area contributed by atoms with Crippen molar-refractivity contribution in [1.82, 2.24) is 14.8 Å². The number of hydrogen-bond acceptors (Lipinski definition) is 7. The lowest BCUT2D eigenvalue weighted by atomic mass is 10.3. The van der Waals surface area contributed by atoms with Crippen molar-refractivity contribution in [2.24, 2.45) is 0 Å². The summed E-state index contributed by atoms with van der Waals surface area (Å²) in [6, 6.07) is 13.1. The Hall–Kier alpha value is -2.94. The SMILES string of the molecule is Cc1nn(-c2ccc(Cl)cc2)c2sc(C(=O)OCc3coc(-c4cccs4)n3)cc12. The van der Waals surface area contributed by atoms with Gasteiger partial charge in [0, 0.05) is 10.4 Å². The van der Waals surface area contributed by atoms with Crippen molar-refractivity contribution < 1.29 is 13.9 Å². The number of rotatable bonds is 5. The first kappa shape index (κ1) is 19.0. The van der Waals surface area contributed by atoms with Crippen molar-refractivity contribution in [1.29, 1.82) is 0 Å². The number of oxazole rings is 1. The number of carbonyl (C=O) groups is 1. The van der Waals surface area contributed by atoms with Crippen LogP contribution in [0.5, 0.6) is 0 Å². The van der Waals surface area contributed by atoms with E-state index in [-0.39, 0.29) is 6.61 Å². The van der Waals surface area contributed by atoms with Gasteiger partial charge in [-0.3, -0.25) is 0 Å². The molecule has 0 N–H and O–H groups in total. The number of fused-ring (bicyclic) bond motifs is 1. The number of hydrogen-bond donors (Lipinski definition) is 0. The Morgan fingerprint density at radius 2 is 2.10 bits per heavy atom. The molecule has 6 nitrogen and oxygen atoms in total. The summed E-state index contributed by atoms with van der Waals surface area (Å²) in [6.07, 6.45) is 1.51. The summed E-state index contributed by atoms with van der Waals surface area (Å²) in [4.78, 5) is 19.3. The first-order valence-corrected chi connectivity index (χ1v) is 11.1. The topological polar surface area (TPSA) is 70.2 Å². The van der Waals surface area contributed by atoms with E-state index in [1.807, 2.05) is 59.5 Å². The van der Waals surface area contributed by atoms with E-state index in [2.05, 4.69) is 10.1 Å². The minimum Gasteiger partial charge on any atom is -0.455 e. The molecular weight excluding hydrogens is 442 g/mol. The summed E-state index contributed by atoms with van der Waals surface area (Å²) in [5.41, 5.74) is 2.28. The molecule has 0 atom stereocenters. The lowest BCUT2D eigenvalue weighted by Crippen LogP contribution is -2.03. The molecule has 0 bridgehead atoms. The van der Waals surface area contributed by atoms with Gasteiger partial charge in [-0.05, 0) is 48.7 Å². The summed E-state index contributed by atoms with van der Waals surface area (Å²) in [7, 11) is 0. The Morgan fingerprint density at radius 1 is 1.27 bits per heavy atom. The van der Waals surface area contributed by atoms with Crippen LogP contribution in [0, 0.1) is 6.92 Å². The molecule has 0 amide bonds. The van der Waals surface area contributed by atoms with Gasteiger partial charge in [0.25, 0.3) is 0 Å². The van der Waals surface area contributed by atoms with E-state index in [9.17, 15) is 4.79 Å². The maximum atomic E-state index is 12.6. The van der Waals surface area contributed by atoms with Crippen molar-refractivity contribution in [3.8, 4) is 16.5 Å². The zero-order valence-corrected chi connectivity index (χ0v) is 18.1. The van der Waals surface area contributed by atoms with Gasteiger partial charge in [0.1, 0.15) is 28.3 Å².